The van der Waals surface area contributed by atoms with E-state index in [9.17, 15) is 9.59 Å². The highest BCUT2D eigenvalue weighted by Gasteiger charge is 2.21. The summed E-state index contributed by atoms with van der Waals surface area (Å²) in [7, 11) is 0. The van der Waals surface area contributed by atoms with Crippen LogP contribution in [0.25, 0.3) is 11.0 Å². The number of carbonyl (C=O) groups excluding carboxylic acids is 1. The number of aromatic amines is 1. The first-order chi connectivity index (χ1) is 13.5. The summed E-state index contributed by atoms with van der Waals surface area (Å²) in [5.41, 5.74) is 1.48. The Labute approximate surface area is 160 Å². The lowest BCUT2D eigenvalue weighted by Gasteiger charge is -2.08. The Bertz CT molecular complexity index is 1080. The minimum atomic E-state index is -0.403. The number of fused-ring (bicyclic) bond motifs is 1. The summed E-state index contributed by atoms with van der Waals surface area (Å²) in [6, 6.07) is 5.13. The maximum Gasteiger partial charge on any atom is 0.339 e. The maximum atomic E-state index is 12.1. The van der Waals surface area contributed by atoms with Crippen LogP contribution in [-0.4, -0.2) is 34.3 Å². The highest BCUT2D eigenvalue weighted by molar-refractivity contribution is 5.90. The maximum absolute atomic E-state index is 12.1. The average molecular weight is 384 g/mol. The SMILES string of the molecule is Cc1c(C)c2ccc(OCC(=O)Nc3n[nH]c(C4CCCO4)n3)cc2oc1=O. The number of nitrogens with one attached hydrogen (secondary N) is 2. The van der Waals surface area contributed by atoms with E-state index in [1.165, 1.54) is 0 Å². The van der Waals surface area contributed by atoms with Crippen molar-refractivity contribution in [2.24, 2.45) is 0 Å². The molecule has 9 heteroatoms. The number of aromatic nitrogens is 3. The minimum absolute atomic E-state index is 0.103. The van der Waals surface area contributed by atoms with E-state index in [0.29, 0.717) is 29.3 Å². The molecular weight excluding hydrogens is 364 g/mol. The lowest BCUT2D eigenvalue weighted by atomic mass is 10.1. The molecule has 2 aromatic heterocycles. The number of amides is 1. The van der Waals surface area contributed by atoms with E-state index < -0.39 is 5.91 Å². The first-order valence-corrected chi connectivity index (χ1v) is 9.02. The molecule has 0 spiro atoms. The monoisotopic (exact) mass is 384 g/mol. The fraction of sp³-hybridized carbons (Fsp3) is 0.368. The molecule has 2 N–H and O–H groups in total. The third-order valence-electron chi connectivity index (χ3n) is 4.79. The van der Waals surface area contributed by atoms with E-state index in [1.54, 1.807) is 25.1 Å². The van der Waals surface area contributed by atoms with E-state index in [4.69, 9.17) is 13.9 Å². The zero-order chi connectivity index (χ0) is 19.7. The molecule has 146 valence electrons. The van der Waals surface area contributed by atoms with Crippen molar-refractivity contribution in [2.45, 2.75) is 32.8 Å². The zero-order valence-electron chi connectivity index (χ0n) is 15.6. The molecule has 0 bridgehead atoms. The van der Waals surface area contributed by atoms with Crippen molar-refractivity contribution in [3.05, 3.63) is 45.6 Å². The van der Waals surface area contributed by atoms with E-state index >= 15 is 0 Å². The van der Waals surface area contributed by atoms with E-state index in [1.807, 2.05) is 6.92 Å². The van der Waals surface area contributed by atoms with Crippen LogP contribution in [0, 0.1) is 13.8 Å². The number of ether oxygens (including phenoxy) is 2. The van der Waals surface area contributed by atoms with E-state index in [0.717, 1.165) is 23.8 Å². The van der Waals surface area contributed by atoms with Crippen molar-refractivity contribution in [3.8, 4) is 5.75 Å². The number of anilines is 1. The van der Waals surface area contributed by atoms with Crippen molar-refractivity contribution in [3.63, 3.8) is 0 Å². The number of hydrogen-bond donors (Lipinski definition) is 2. The fourth-order valence-corrected chi connectivity index (χ4v) is 3.10. The van der Waals surface area contributed by atoms with Gasteiger partial charge in [-0.1, -0.05) is 0 Å². The van der Waals surface area contributed by atoms with Crippen LogP contribution in [-0.2, 0) is 9.53 Å². The van der Waals surface area contributed by atoms with Crippen molar-refractivity contribution in [2.75, 3.05) is 18.5 Å². The summed E-state index contributed by atoms with van der Waals surface area (Å²) in [5.74, 6) is 0.794. The van der Waals surface area contributed by atoms with Crippen LogP contribution in [0.15, 0.2) is 27.4 Å². The van der Waals surface area contributed by atoms with Crippen LogP contribution in [0.1, 0.15) is 35.9 Å². The van der Waals surface area contributed by atoms with Crippen molar-refractivity contribution < 1.29 is 18.7 Å². The molecule has 1 fully saturated rings. The standard InChI is InChI=1S/C19H20N4O5/c1-10-11(2)18(25)28-15-8-12(5-6-13(10)15)27-9-16(24)20-19-21-17(22-23-19)14-4-3-7-26-14/h5-6,8,14H,3-4,7,9H2,1-2H3,(H2,20,21,22,23,24). The first kappa shape index (κ1) is 18.2. The second kappa shape index (κ2) is 7.43. The largest absolute Gasteiger partial charge is 0.484 e. The third kappa shape index (κ3) is 3.61. The molecule has 4 rings (SSSR count). The Morgan fingerprint density at radius 2 is 2.21 bits per heavy atom. The highest BCUT2D eigenvalue weighted by atomic mass is 16.5. The number of carbonyl (C=O) groups is 1. The van der Waals surface area contributed by atoms with Gasteiger partial charge in [-0.25, -0.2) is 4.79 Å². The molecule has 1 aromatic carbocycles. The van der Waals surface area contributed by atoms with Crippen molar-refractivity contribution >= 4 is 22.8 Å². The van der Waals surface area contributed by atoms with Gasteiger partial charge in [-0.05, 0) is 44.4 Å². The average Bonchev–Trinajstić information content (AvgIpc) is 3.36. The number of nitrogens with zero attached hydrogens (tertiary/aromatic N) is 2. The Balaban J connectivity index is 1.39. The van der Waals surface area contributed by atoms with Gasteiger partial charge in [0.1, 0.15) is 17.4 Å². The molecule has 28 heavy (non-hydrogen) atoms. The molecule has 1 unspecified atom stereocenters. The van der Waals surface area contributed by atoms with Gasteiger partial charge in [-0.2, -0.15) is 4.98 Å². The molecular formula is C19H20N4O5. The molecule has 1 aliphatic heterocycles. The summed E-state index contributed by atoms with van der Waals surface area (Å²) >= 11 is 0. The summed E-state index contributed by atoms with van der Waals surface area (Å²) in [4.78, 5) is 28.2. The van der Waals surface area contributed by atoms with E-state index in [2.05, 4.69) is 20.5 Å². The quantitative estimate of drug-likeness (QED) is 0.648. The minimum Gasteiger partial charge on any atom is -0.484 e. The van der Waals surface area contributed by atoms with E-state index in [-0.39, 0.29) is 24.3 Å². The van der Waals surface area contributed by atoms with Crippen molar-refractivity contribution in [1.82, 2.24) is 15.2 Å². The number of hydrogen-bond acceptors (Lipinski definition) is 7. The smallest absolute Gasteiger partial charge is 0.339 e. The van der Waals surface area contributed by atoms with Crippen molar-refractivity contribution in [1.29, 1.82) is 0 Å². The molecule has 9 nitrogen and oxygen atoms in total. The highest BCUT2D eigenvalue weighted by Crippen LogP contribution is 2.26. The summed E-state index contributed by atoms with van der Waals surface area (Å²) < 4.78 is 16.3. The molecule has 3 aromatic rings. The van der Waals surface area contributed by atoms with Gasteiger partial charge in [0.05, 0.1) is 0 Å². The number of H-pyrrole nitrogens is 1. The fourth-order valence-electron chi connectivity index (χ4n) is 3.10. The lowest BCUT2D eigenvalue weighted by molar-refractivity contribution is -0.118. The van der Waals surface area contributed by atoms with Gasteiger partial charge in [0.25, 0.3) is 5.91 Å². The van der Waals surface area contributed by atoms with Crippen LogP contribution in [0.4, 0.5) is 5.95 Å². The molecule has 1 atom stereocenters. The normalized spacial score (nSPS) is 16.4. The Kier molecular flexibility index (Phi) is 4.82. The molecule has 0 radical (unpaired) electrons. The molecule has 0 aliphatic carbocycles. The second-order valence-corrected chi connectivity index (χ2v) is 6.68. The molecule has 1 aliphatic rings. The van der Waals surface area contributed by atoms with Gasteiger partial charge in [0.2, 0.25) is 5.95 Å². The van der Waals surface area contributed by atoms with Gasteiger partial charge in [0, 0.05) is 23.6 Å². The van der Waals surface area contributed by atoms with Gasteiger partial charge >= 0.3 is 5.63 Å². The van der Waals surface area contributed by atoms with Gasteiger partial charge in [-0.15, -0.1) is 5.10 Å². The predicted molar refractivity (Wildman–Crippen MR) is 100 cm³/mol. The number of benzene rings is 1. The Hall–Kier alpha value is -3.20. The molecule has 1 amide bonds. The second-order valence-electron chi connectivity index (χ2n) is 6.68. The molecule has 1 saturated heterocycles. The van der Waals surface area contributed by atoms with Crippen LogP contribution in [0.3, 0.4) is 0 Å². The summed E-state index contributed by atoms with van der Waals surface area (Å²) in [6.45, 7) is 4.06. The van der Waals surface area contributed by atoms with Crippen LogP contribution in [0.5, 0.6) is 5.75 Å². The topological polar surface area (TPSA) is 119 Å². The van der Waals surface area contributed by atoms with Gasteiger partial charge in [-0.3, -0.25) is 15.2 Å². The van der Waals surface area contributed by atoms with Crippen LogP contribution >= 0.6 is 0 Å². The Morgan fingerprint density at radius 1 is 1.36 bits per heavy atom. The van der Waals surface area contributed by atoms with Gasteiger partial charge in [0.15, 0.2) is 12.4 Å². The van der Waals surface area contributed by atoms with Crippen LogP contribution in [0.2, 0.25) is 0 Å². The number of aryl methyl sites for hydroxylation is 1. The third-order valence-corrected chi connectivity index (χ3v) is 4.79. The summed E-state index contributed by atoms with van der Waals surface area (Å²) in [5, 5.41) is 10.2. The Morgan fingerprint density at radius 3 is 3.00 bits per heavy atom. The first-order valence-electron chi connectivity index (χ1n) is 9.02. The zero-order valence-corrected chi connectivity index (χ0v) is 15.6. The number of rotatable bonds is 5. The van der Waals surface area contributed by atoms with Gasteiger partial charge < -0.3 is 13.9 Å². The molecule has 3 heterocycles. The predicted octanol–water partition coefficient (Wildman–Crippen LogP) is 2.40. The van der Waals surface area contributed by atoms with Crippen LogP contribution < -0.4 is 15.7 Å². The summed E-state index contributed by atoms with van der Waals surface area (Å²) in [6.07, 6.45) is 1.75. The molecule has 0 saturated carbocycles. The lowest BCUT2D eigenvalue weighted by Crippen LogP contribution is -2.21.